The molecule has 0 saturated heterocycles. The number of nitrogens with zero attached hydrogens (tertiary/aromatic N) is 1. The number of benzene rings is 1. The average molecular weight is 222 g/mol. The van der Waals surface area contributed by atoms with Crippen LogP contribution in [0.3, 0.4) is 0 Å². The Labute approximate surface area is 95.7 Å². The van der Waals surface area contributed by atoms with E-state index in [9.17, 15) is 5.11 Å². The van der Waals surface area contributed by atoms with Crippen LogP contribution in [0.1, 0.15) is 11.1 Å². The van der Waals surface area contributed by atoms with Gasteiger partial charge in [-0.3, -0.25) is 4.99 Å². The molecular formula is C12H18N2O2. The number of aliphatic imine (C=N–C) groups is 1. The van der Waals surface area contributed by atoms with Crippen molar-refractivity contribution in [1.29, 1.82) is 0 Å². The number of aryl methyl sites for hydroxylation is 1. The minimum atomic E-state index is -0.343. The van der Waals surface area contributed by atoms with Crippen LogP contribution in [0, 0.1) is 6.92 Å². The summed E-state index contributed by atoms with van der Waals surface area (Å²) in [4.78, 5) is 4.27. The van der Waals surface area contributed by atoms with E-state index in [1.807, 2.05) is 12.1 Å². The second-order valence-corrected chi connectivity index (χ2v) is 3.59. The zero-order valence-electron chi connectivity index (χ0n) is 9.64. The summed E-state index contributed by atoms with van der Waals surface area (Å²) in [5.41, 5.74) is 2.33. The van der Waals surface area contributed by atoms with Gasteiger partial charge in [0.05, 0.1) is 12.6 Å². The van der Waals surface area contributed by atoms with Gasteiger partial charge in [-0.1, -0.05) is 29.8 Å². The second-order valence-electron chi connectivity index (χ2n) is 3.59. The fraction of sp³-hybridized carbons (Fsp3) is 0.417. The van der Waals surface area contributed by atoms with Crippen LogP contribution in [-0.4, -0.2) is 42.4 Å². The van der Waals surface area contributed by atoms with Crippen molar-refractivity contribution in [2.45, 2.75) is 13.0 Å². The van der Waals surface area contributed by atoms with E-state index in [1.165, 1.54) is 5.56 Å². The van der Waals surface area contributed by atoms with E-state index in [1.54, 1.807) is 0 Å². The summed E-state index contributed by atoms with van der Waals surface area (Å²) in [6.07, 6.45) is -0.343. The third-order valence-corrected chi connectivity index (χ3v) is 2.29. The highest BCUT2D eigenvalue weighted by molar-refractivity contribution is 5.99. The van der Waals surface area contributed by atoms with Gasteiger partial charge in [-0.15, -0.1) is 0 Å². The molecule has 0 fully saturated rings. The molecule has 2 rings (SSSR count). The first-order valence-corrected chi connectivity index (χ1v) is 5.24. The minimum absolute atomic E-state index is 0.343. The maximum absolute atomic E-state index is 9.25. The molecule has 0 spiro atoms. The average Bonchev–Trinajstić information content (AvgIpc) is 2.34. The van der Waals surface area contributed by atoms with E-state index in [4.69, 9.17) is 5.11 Å². The number of amidine groups is 1. The van der Waals surface area contributed by atoms with E-state index in [-0.39, 0.29) is 6.10 Å². The molecule has 0 aromatic heterocycles. The van der Waals surface area contributed by atoms with Crippen molar-refractivity contribution in [1.82, 2.24) is 5.32 Å². The molecular weight excluding hydrogens is 204 g/mol. The van der Waals surface area contributed by atoms with Gasteiger partial charge < -0.3 is 15.5 Å². The Bertz CT molecular complexity index is 347. The molecule has 88 valence electrons. The van der Waals surface area contributed by atoms with Crippen molar-refractivity contribution in [3.63, 3.8) is 0 Å². The van der Waals surface area contributed by atoms with Crippen LogP contribution in [0.2, 0.25) is 0 Å². The van der Waals surface area contributed by atoms with Crippen LogP contribution < -0.4 is 5.32 Å². The molecule has 1 atom stereocenters. The minimum Gasteiger partial charge on any atom is -0.400 e. The smallest absolute Gasteiger partial charge is 0.128 e. The first-order valence-electron chi connectivity index (χ1n) is 5.24. The van der Waals surface area contributed by atoms with Crippen molar-refractivity contribution in [3.8, 4) is 0 Å². The van der Waals surface area contributed by atoms with E-state index in [0.29, 0.717) is 13.1 Å². The molecule has 0 radical (unpaired) electrons. The molecule has 0 aliphatic carbocycles. The Hall–Kier alpha value is -1.39. The van der Waals surface area contributed by atoms with Crippen LogP contribution in [0.5, 0.6) is 0 Å². The van der Waals surface area contributed by atoms with E-state index in [2.05, 4.69) is 29.4 Å². The highest BCUT2D eigenvalue weighted by atomic mass is 16.3. The number of hydrogen-bond acceptors (Lipinski definition) is 4. The lowest BCUT2D eigenvalue weighted by Gasteiger charge is -2.19. The Morgan fingerprint density at radius 2 is 1.88 bits per heavy atom. The fourth-order valence-corrected chi connectivity index (χ4v) is 1.44. The first kappa shape index (κ1) is 12.7. The van der Waals surface area contributed by atoms with Gasteiger partial charge in [-0.2, -0.15) is 0 Å². The molecule has 1 aliphatic rings. The second kappa shape index (κ2) is 6.25. The molecule has 3 N–H and O–H groups in total. The van der Waals surface area contributed by atoms with E-state index in [0.717, 1.165) is 18.5 Å². The van der Waals surface area contributed by atoms with Gasteiger partial charge in [-0.25, -0.2) is 0 Å². The fourth-order valence-electron chi connectivity index (χ4n) is 1.44. The molecule has 1 aromatic carbocycles. The number of nitrogens with one attached hydrogen (secondary N) is 1. The number of β-amino-alcohol motifs (C(OH)–C–C–N with tert-alkyl or cyclic N) is 1. The maximum atomic E-state index is 9.25. The van der Waals surface area contributed by atoms with Crippen LogP contribution in [0.4, 0.5) is 0 Å². The number of hydrogen-bond donors (Lipinski definition) is 3. The summed E-state index contributed by atoms with van der Waals surface area (Å²) < 4.78 is 0. The molecule has 1 heterocycles. The van der Waals surface area contributed by atoms with Crippen molar-refractivity contribution < 1.29 is 10.2 Å². The normalized spacial score (nSPS) is 19.0. The molecule has 0 bridgehead atoms. The Morgan fingerprint density at radius 1 is 1.25 bits per heavy atom. The van der Waals surface area contributed by atoms with Gasteiger partial charge in [-0.05, 0) is 6.92 Å². The maximum Gasteiger partial charge on any atom is 0.128 e. The summed E-state index contributed by atoms with van der Waals surface area (Å²) in [6, 6.07) is 8.20. The molecule has 1 aliphatic heterocycles. The van der Waals surface area contributed by atoms with Gasteiger partial charge in [0, 0.05) is 19.2 Å². The molecule has 0 amide bonds. The predicted molar refractivity (Wildman–Crippen MR) is 64.7 cm³/mol. The lowest BCUT2D eigenvalue weighted by atomic mass is 10.1. The summed E-state index contributed by atoms with van der Waals surface area (Å²) in [7, 11) is 1.00. The highest BCUT2D eigenvalue weighted by Crippen LogP contribution is 2.05. The van der Waals surface area contributed by atoms with Crippen LogP contribution in [0.25, 0.3) is 0 Å². The Balaban J connectivity index is 0.000000606. The Morgan fingerprint density at radius 3 is 2.38 bits per heavy atom. The van der Waals surface area contributed by atoms with Gasteiger partial charge in [0.15, 0.2) is 0 Å². The summed E-state index contributed by atoms with van der Waals surface area (Å²) in [5.74, 6) is 0.885. The molecule has 4 heteroatoms. The lowest BCUT2D eigenvalue weighted by molar-refractivity contribution is 0.181. The van der Waals surface area contributed by atoms with Gasteiger partial charge in [0.1, 0.15) is 5.84 Å². The third kappa shape index (κ3) is 3.32. The monoisotopic (exact) mass is 222 g/mol. The van der Waals surface area contributed by atoms with Crippen LogP contribution in [0.15, 0.2) is 29.3 Å². The molecule has 1 aromatic rings. The quantitative estimate of drug-likeness (QED) is 0.641. The molecule has 4 nitrogen and oxygen atoms in total. The lowest BCUT2D eigenvalue weighted by Crippen LogP contribution is -2.39. The largest absolute Gasteiger partial charge is 0.400 e. The summed E-state index contributed by atoms with van der Waals surface area (Å²) in [6.45, 7) is 3.15. The van der Waals surface area contributed by atoms with E-state index < -0.39 is 0 Å². The van der Waals surface area contributed by atoms with Crippen LogP contribution in [-0.2, 0) is 0 Å². The molecule has 0 saturated carbocycles. The third-order valence-electron chi connectivity index (χ3n) is 2.29. The highest BCUT2D eigenvalue weighted by Gasteiger charge is 2.12. The number of aliphatic hydroxyl groups is 2. The first-order chi connectivity index (χ1) is 7.75. The predicted octanol–water partition coefficient (Wildman–Crippen LogP) is 0.314. The Kier molecular flexibility index (Phi) is 4.95. The molecule has 16 heavy (non-hydrogen) atoms. The van der Waals surface area contributed by atoms with Crippen LogP contribution >= 0.6 is 0 Å². The van der Waals surface area contributed by atoms with Crippen molar-refractivity contribution in [2.24, 2.45) is 4.99 Å². The molecule has 1 unspecified atom stereocenters. The number of rotatable bonds is 1. The van der Waals surface area contributed by atoms with Gasteiger partial charge in [0.2, 0.25) is 0 Å². The topological polar surface area (TPSA) is 64.9 Å². The van der Waals surface area contributed by atoms with Crippen molar-refractivity contribution >= 4 is 5.84 Å². The number of aliphatic hydroxyl groups excluding tert-OH is 2. The standard InChI is InChI=1S/C11H14N2O.CH4O/c1-8-2-4-9(5-3-8)11-12-6-10(14)7-13-11;1-2/h2-5,10,14H,6-7H2,1H3,(H,12,13);2H,1H3. The summed E-state index contributed by atoms with van der Waals surface area (Å²) in [5, 5.41) is 19.4. The zero-order valence-corrected chi connectivity index (χ0v) is 9.64. The summed E-state index contributed by atoms with van der Waals surface area (Å²) >= 11 is 0. The van der Waals surface area contributed by atoms with Gasteiger partial charge >= 0.3 is 0 Å². The van der Waals surface area contributed by atoms with Gasteiger partial charge in [0.25, 0.3) is 0 Å². The zero-order chi connectivity index (χ0) is 12.0. The SMILES string of the molecule is CO.Cc1ccc(C2=NCC(O)CN2)cc1. The van der Waals surface area contributed by atoms with Crippen molar-refractivity contribution in [2.75, 3.05) is 20.2 Å². The van der Waals surface area contributed by atoms with Crippen molar-refractivity contribution in [3.05, 3.63) is 35.4 Å². The van der Waals surface area contributed by atoms with E-state index >= 15 is 0 Å².